The van der Waals surface area contributed by atoms with E-state index in [-0.39, 0.29) is 11.8 Å². The average molecular weight is 357 g/mol. The van der Waals surface area contributed by atoms with Gasteiger partial charge in [0, 0.05) is 35.8 Å². The van der Waals surface area contributed by atoms with Gasteiger partial charge >= 0.3 is 0 Å². The van der Waals surface area contributed by atoms with Gasteiger partial charge in [0.2, 0.25) is 5.91 Å². The number of hydrogen-bond acceptors (Lipinski definition) is 4. The molecule has 3 rings (SSSR count). The zero-order chi connectivity index (χ0) is 17.8. The van der Waals surface area contributed by atoms with Crippen LogP contribution in [0.2, 0.25) is 0 Å². The first-order valence-electron chi connectivity index (χ1n) is 8.54. The van der Waals surface area contributed by atoms with E-state index in [4.69, 9.17) is 0 Å². The fraction of sp³-hybridized carbons (Fsp3) is 0.368. The van der Waals surface area contributed by atoms with Crippen molar-refractivity contribution in [3.8, 4) is 0 Å². The number of carbonyl (C=O) groups is 2. The Kier molecular flexibility index (Phi) is 5.50. The molecule has 0 saturated heterocycles. The van der Waals surface area contributed by atoms with Crippen molar-refractivity contribution in [3.63, 3.8) is 0 Å². The molecule has 0 aliphatic carbocycles. The second-order valence-electron chi connectivity index (χ2n) is 6.15. The second-order valence-corrected chi connectivity index (χ2v) is 7.15. The van der Waals surface area contributed by atoms with Crippen molar-refractivity contribution in [2.24, 2.45) is 0 Å². The number of nitrogens with zero attached hydrogens (tertiary/aromatic N) is 1. The molecule has 2 aromatic rings. The number of benzene rings is 1. The largest absolute Gasteiger partial charge is 0.355 e. The van der Waals surface area contributed by atoms with E-state index in [1.807, 2.05) is 11.3 Å². The lowest BCUT2D eigenvalue weighted by atomic mass is 9.98. The molecule has 1 aliphatic rings. The monoisotopic (exact) mass is 357 g/mol. The minimum Gasteiger partial charge on any atom is -0.355 e. The van der Waals surface area contributed by atoms with E-state index in [1.165, 1.54) is 10.4 Å². The molecule has 6 heteroatoms. The third-order valence-electron chi connectivity index (χ3n) is 4.60. The highest BCUT2D eigenvalue weighted by Crippen LogP contribution is 2.34. The molecule has 132 valence electrons. The smallest absolute Gasteiger partial charge is 0.251 e. The number of hydrogen-bond donors (Lipinski definition) is 2. The summed E-state index contributed by atoms with van der Waals surface area (Å²) in [6.07, 6.45) is 2.01. The quantitative estimate of drug-likeness (QED) is 0.865. The van der Waals surface area contributed by atoms with Gasteiger partial charge in [-0.05, 0) is 54.1 Å². The van der Waals surface area contributed by atoms with Crippen LogP contribution in [0.5, 0.6) is 0 Å². The van der Waals surface area contributed by atoms with Crippen molar-refractivity contribution in [1.29, 1.82) is 0 Å². The van der Waals surface area contributed by atoms with Gasteiger partial charge in [0.15, 0.2) is 0 Å². The van der Waals surface area contributed by atoms with Crippen LogP contribution in [0.3, 0.4) is 0 Å². The van der Waals surface area contributed by atoms with Crippen molar-refractivity contribution >= 4 is 28.8 Å². The number of nitrogens with one attached hydrogen (secondary N) is 2. The highest BCUT2D eigenvalue weighted by molar-refractivity contribution is 7.10. The van der Waals surface area contributed by atoms with E-state index in [0.29, 0.717) is 23.8 Å². The van der Waals surface area contributed by atoms with Crippen LogP contribution in [0.1, 0.15) is 40.2 Å². The summed E-state index contributed by atoms with van der Waals surface area (Å²) in [5.41, 5.74) is 2.66. The van der Waals surface area contributed by atoms with Crippen LogP contribution >= 0.6 is 11.3 Å². The molecule has 0 saturated carbocycles. The maximum absolute atomic E-state index is 12.4. The number of anilines is 1. The molecule has 0 radical (unpaired) electrons. The normalized spacial score (nSPS) is 17.0. The second kappa shape index (κ2) is 7.80. The van der Waals surface area contributed by atoms with Gasteiger partial charge in [-0.2, -0.15) is 0 Å². The zero-order valence-corrected chi connectivity index (χ0v) is 15.4. The molecule has 0 fully saturated rings. The summed E-state index contributed by atoms with van der Waals surface area (Å²) in [5.74, 6) is -0.159. The predicted molar refractivity (Wildman–Crippen MR) is 101 cm³/mol. The van der Waals surface area contributed by atoms with Crippen molar-refractivity contribution in [1.82, 2.24) is 10.2 Å². The zero-order valence-electron chi connectivity index (χ0n) is 14.5. The van der Waals surface area contributed by atoms with Crippen molar-refractivity contribution in [2.45, 2.75) is 25.8 Å². The number of thiophene rings is 1. The van der Waals surface area contributed by atoms with Crippen LogP contribution in [0.25, 0.3) is 0 Å². The van der Waals surface area contributed by atoms with Gasteiger partial charge in [0.1, 0.15) is 0 Å². The van der Waals surface area contributed by atoms with Gasteiger partial charge in [-0.25, -0.2) is 0 Å². The van der Waals surface area contributed by atoms with Gasteiger partial charge in [-0.1, -0.05) is 6.92 Å². The Hall–Kier alpha value is -2.18. The highest BCUT2D eigenvalue weighted by atomic mass is 32.1. The van der Waals surface area contributed by atoms with Gasteiger partial charge in [-0.15, -0.1) is 11.3 Å². The Balaban J connectivity index is 1.62. The molecular weight excluding hydrogens is 334 g/mol. The summed E-state index contributed by atoms with van der Waals surface area (Å²) < 4.78 is 0. The van der Waals surface area contributed by atoms with E-state index in [9.17, 15) is 9.59 Å². The van der Waals surface area contributed by atoms with Crippen molar-refractivity contribution < 1.29 is 9.59 Å². The van der Waals surface area contributed by atoms with Crippen LogP contribution < -0.4 is 10.6 Å². The molecule has 1 aliphatic heterocycles. The van der Waals surface area contributed by atoms with E-state index >= 15 is 0 Å². The number of amides is 2. The summed E-state index contributed by atoms with van der Waals surface area (Å²) in [7, 11) is 1.60. The van der Waals surface area contributed by atoms with Crippen LogP contribution in [0, 0.1) is 0 Å². The molecular formula is C19H23N3O2S. The molecule has 25 heavy (non-hydrogen) atoms. The number of fused-ring (bicyclic) bond motifs is 1. The molecule has 1 aromatic heterocycles. The lowest BCUT2D eigenvalue weighted by molar-refractivity contribution is -0.118. The van der Waals surface area contributed by atoms with E-state index in [1.54, 1.807) is 31.3 Å². The summed E-state index contributed by atoms with van der Waals surface area (Å²) >= 11 is 1.81. The Labute approximate surface area is 152 Å². The van der Waals surface area contributed by atoms with Crippen molar-refractivity contribution in [3.05, 3.63) is 51.7 Å². The van der Waals surface area contributed by atoms with E-state index in [0.717, 1.165) is 19.4 Å². The summed E-state index contributed by atoms with van der Waals surface area (Å²) in [5, 5.41) is 7.65. The third kappa shape index (κ3) is 3.91. The van der Waals surface area contributed by atoms with Gasteiger partial charge in [0.05, 0.1) is 6.54 Å². The Bertz CT molecular complexity index is 754. The van der Waals surface area contributed by atoms with E-state index < -0.39 is 0 Å². The summed E-state index contributed by atoms with van der Waals surface area (Å²) in [4.78, 5) is 27.7. The fourth-order valence-electron chi connectivity index (χ4n) is 3.35. The lowest BCUT2D eigenvalue weighted by Gasteiger charge is -2.34. The van der Waals surface area contributed by atoms with Crippen LogP contribution in [0.15, 0.2) is 35.7 Å². The van der Waals surface area contributed by atoms with Gasteiger partial charge < -0.3 is 10.6 Å². The molecule has 0 unspecified atom stereocenters. The Morgan fingerprint density at radius 2 is 2.00 bits per heavy atom. The van der Waals surface area contributed by atoms with E-state index in [2.05, 4.69) is 33.9 Å². The number of carbonyl (C=O) groups excluding carboxylic acids is 2. The predicted octanol–water partition coefficient (Wildman–Crippen LogP) is 3.06. The summed E-state index contributed by atoms with van der Waals surface area (Å²) in [6, 6.07) is 9.44. The average Bonchev–Trinajstić information content (AvgIpc) is 3.10. The SMILES string of the molecule is CC[C@@H]1c2ccsc2CCN1CC(=O)Nc1ccc(C(=O)NC)cc1. The topological polar surface area (TPSA) is 61.4 Å². The van der Waals surface area contributed by atoms with Gasteiger partial charge in [-0.3, -0.25) is 14.5 Å². The van der Waals surface area contributed by atoms with Crippen LogP contribution in [-0.2, 0) is 11.2 Å². The Morgan fingerprint density at radius 3 is 2.68 bits per heavy atom. The molecule has 0 spiro atoms. The minimum atomic E-state index is -0.136. The first-order chi connectivity index (χ1) is 12.1. The molecule has 5 nitrogen and oxygen atoms in total. The molecule has 1 atom stereocenters. The molecule has 1 aromatic carbocycles. The minimum absolute atomic E-state index is 0.0233. The highest BCUT2D eigenvalue weighted by Gasteiger charge is 2.28. The standard InChI is InChI=1S/C19H23N3O2S/c1-3-16-15-9-11-25-17(15)8-10-22(16)12-18(23)21-14-6-4-13(5-7-14)19(24)20-2/h4-7,9,11,16H,3,8,10,12H2,1-2H3,(H,20,24)(H,21,23)/t16-/m1/s1. The number of rotatable bonds is 5. The first kappa shape index (κ1) is 17.6. The third-order valence-corrected chi connectivity index (χ3v) is 5.59. The maximum atomic E-state index is 12.4. The maximum Gasteiger partial charge on any atom is 0.251 e. The van der Waals surface area contributed by atoms with Crippen LogP contribution in [-0.4, -0.2) is 36.9 Å². The van der Waals surface area contributed by atoms with Crippen molar-refractivity contribution in [2.75, 3.05) is 25.5 Å². The molecule has 2 amide bonds. The van der Waals surface area contributed by atoms with Gasteiger partial charge in [0.25, 0.3) is 5.91 Å². The molecule has 2 N–H and O–H groups in total. The molecule has 0 bridgehead atoms. The Morgan fingerprint density at radius 1 is 1.24 bits per heavy atom. The first-order valence-corrected chi connectivity index (χ1v) is 9.42. The fourth-order valence-corrected chi connectivity index (χ4v) is 4.28. The molecule has 2 heterocycles. The van der Waals surface area contributed by atoms with Crippen LogP contribution in [0.4, 0.5) is 5.69 Å². The summed E-state index contributed by atoms with van der Waals surface area (Å²) in [6.45, 7) is 3.46. The lowest BCUT2D eigenvalue weighted by Crippen LogP contribution is -2.40.